The van der Waals surface area contributed by atoms with Crippen molar-refractivity contribution in [2.24, 2.45) is 0 Å². The number of hydrogen-bond acceptors (Lipinski definition) is 2. The minimum absolute atomic E-state index is 0.133. The molecule has 0 aliphatic carbocycles. The lowest BCUT2D eigenvalue weighted by Gasteiger charge is -2.00. The molecule has 0 atom stereocenters. The van der Waals surface area contributed by atoms with E-state index in [1.54, 1.807) is 11.8 Å². The Morgan fingerprint density at radius 1 is 1.70 bits per heavy atom. The van der Waals surface area contributed by atoms with Crippen LogP contribution < -0.4 is 5.32 Å². The largest absolute Gasteiger partial charge is 0.355 e. The minimum atomic E-state index is 0.133. The zero-order valence-corrected chi connectivity index (χ0v) is 8.43. The molecule has 0 fully saturated rings. The van der Waals surface area contributed by atoms with E-state index in [2.05, 4.69) is 21.2 Å². The molecule has 2 nitrogen and oxygen atoms in total. The van der Waals surface area contributed by atoms with E-state index in [9.17, 15) is 4.79 Å². The summed E-state index contributed by atoms with van der Waals surface area (Å²) in [5.41, 5.74) is 0. The number of halogens is 1. The van der Waals surface area contributed by atoms with Crippen molar-refractivity contribution in [1.29, 1.82) is 0 Å². The van der Waals surface area contributed by atoms with Gasteiger partial charge in [0.1, 0.15) is 0 Å². The van der Waals surface area contributed by atoms with Gasteiger partial charge in [-0.2, -0.15) is 11.8 Å². The molecule has 0 saturated heterocycles. The average molecular weight is 226 g/mol. The first kappa shape index (κ1) is 10.3. The molecule has 0 heterocycles. The predicted octanol–water partition coefficient (Wildman–Crippen LogP) is 1.25. The lowest BCUT2D eigenvalue weighted by Crippen LogP contribution is -2.26. The van der Waals surface area contributed by atoms with E-state index in [1.165, 1.54) is 0 Å². The summed E-state index contributed by atoms with van der Waals surface area (Å²) in [6.45, 7) is 0.782. The molecular formula is C6H12BrNOS. The number of thioether (sulfide) groups is 1. The van der Waals surface area contributed by atoms with Crippen molar-refractivity contribution in [3.05, 3.63) is 0 Å². The Morgan fingerprint density at radius 3 is 2.90 bits per heavy atom. The second kappa shape index (κ2) is 7.41. The molecule has 0 aromatic rings. The molecule has 1 N–H and O–H groups in total. The van der Waals surface area contributed by atoms with Gasteiger partial charge in [-0.3, -0.25) is 4.79 Å². The Bertz CT molecular complexity index is 99.7. The predicted molar refractivity (Wildman–Crippen MR) is 49.8 cm³/mol. The molecule has 0 saturated carbocycles. The Balaban J connectivity index is 3.05. The van der Waals surface area contributed by atoms with E-state index in [0.717, 1.165) is 18.3 Å². The molecule has 0 radical (unpaired) electrons. The number of amides is 1. The van der Waals surface area contributed by atoms with Gasteiger partial charge in [0.15, 0.2) is 0 Å². The zero-order chi connectivity index (χ0) is 7.82. The molecule has 0 unspecified atom stereocenters. The second-order valence-corrected chi connectivity index (χ2v) is 3.48. The molecule has 0 aliphatic rings. The van der Waals surface area contributed by atoms with Crippen molar-refractivity contribution in [1.82, 2.24) is 5.32 Å². The number of rotatable bonds is 5. The lowest BCUT2D eigenvalue weighted by molar-refractivity contribution is -0.118. The molecule has 0 aromatic carbocycles. The highest BCUT2D eigenvalue weighted by Gasteiger charge is 1.95. The topological polar surface area (TPSA) is 29.1 Å². The fourth-order valence-electron chi connectivity index (χ4n) is 0.477. The van der Waals surface area contributed by atoms with Crippen LogP contribution in [-0.2, 0) is 4.79 Å². The van der Waals surface area contributed by atoms with Crippen LogP contribution >= 0.6 is 27.7 Å². The summed E-state index contributed by atoms with van der Waals surface area (Å²) in [6, 6.07) is 0. The van der Waals surface area contributed by atoms with Crippen molar-refractivity contribution >= 4 is 33.6 Å². The van der Waals surface area contributed by atoms with Crippen molar-refractivity contribution in [3.63, 3.8) is 0 Å². The average Bonchev–Trinajstić information content (AvgIpc) is 1.89. The molecule has 4 heteroatoms. The third kappa shape index (κ3) is 6.42. The summed E-state index contributed by atoms with van der Waals surface area (Å²) in [5.74, 6) is 0.705. The van der Waals surface area contributed by atoms with Crippen LogP contribution in [-0.4, -0.2) is 29.8 Å². The Morgan fingerprint density at radius 2 is 2.40 bits per heavy atom. The van der Waals surface area contributed by atoms with Gasteiger partial charge in [-0.25, -0.2) is 0 Å². The molecular weight excluding hydrogens is 214 g/mol. The summed E-state index contributed by atoms with van der Waals surface area (Å²) in [7, 11) is 0. The van der Waals surface area contributed by atoms with E-state index < -0.39 is 0 Å². The third-order valence-corrected chi connectivity index (χ3v) is 2.02. The maximum atomic E-state index is 10.8. The van der Waals surface area contributed by atoms with Crippen LogP contribution in [0.1, 0.15) is 6.42 Å². The van der Waals surface area contributed by atoms with Gasteiger partial charge in [0.05, 0.1) is 5.75 Å². The maximum Gasteiger partial charge on any atom is 0.229 e. The van der Waals surface area contributed by atoms with E-state index >= 15 is 0 Å². The number of nitrogens with one attached hydrogen (secondary N) is 1. The van der Waals surface area contributed by atoms with Gasteiger partial charge < -0.3 is 5.32 Å². The Kier molecular flexibility index (Phi) is 7.63. The summed E-state index contributed by atoms with van der Waals surface area (Å²) in [4.78, 5) is 10.8. The maximum absolute atomic E-state index is 10.8. The van der Waals surface area contributed by atoms with Crippen LogP contribution in [0.25, 0.3) is 0 Å². The smallest absolute Gasteiger partial charge is 0.229 e. The molecule has 1 amide bonds. The Labute approximate surface area is 74.3 Å². The lowest BCUT2D eigenvalue weighted by atomic mass is 10.5. The monoisotopic (exact) mass is 225 g/mol. The molecule has 0 spiro atoms. The van der Waals surface area contributed by atoms with Gasteiger partial charge >= 0.3 is 0 Å². The number of alkyl halides is 1. The first-order valence-corrected chi connectivity index (χ1v) is 5.64. The highest BCUT2D eigenvalue weighted by molar-refractivity contribution is 9.09. The fraction of sp³-hybridized carbons (Fsp3) is 0.833. The van der Waals surface area contributed by atoms with Gasteiger partial charge in [0.2, 0.25) is 5.91 Å². The quantitative estimate of drug-likeness (QED) is 0.564. The summed E-state index contributed by atoms with van der Waals surface area (Å²) in [6.07, 6.45) is 2.92. The first-order valence-electron chi connectivity index (χ1n) is 3.13. The SMILES string of the molecule is CSCC(=O)NCCCBr. The van der Waals surface area contributed by atoms with Gasteiger partial charge in [0, 0.05) is 11.9 Å². The minimum Gasteiger partial charge on any atom is -0.355 e. The number of hydrogen-bond donors (Lipinski definition) is 1. The van der Waals surface area contributed by atoms with Crippen LogP contribution in [0.3, 0.4) is 0 Å². The summed E-state index contributed by atoms with van der Waals surface area (Å²) in [5, 5.41) is 3.75. The number of carbonyl (C=O) groups is 1. The van der Waals surface area contributed by atoms with Crippen molar-refractivity contribution < 1.29 is 4.79 Å². The highest BCUT2D eigenvalue weighted by Crippen LogP contribution is 1.90. The molecule has 60 valence electrons. The van der Waals surface area contributed by atoms with E-state index in [1.807, 2.05) is 6.26 Å². The first-order chi connectivity index (χ1) is 4.81. The molecule has 0 aromatic heterocycles. The molecule has 0 aliphatic heterocycles. The standard InChI is InChI=1S/C6H12BrNOS/c1-10-5-6(9)8-4-2-3-7/h2-5H2,1H3,(H,8,9). The van der Waals surface area contributed by atoms with Gasteiger partial charge in [-0.1, -0.05) is 15.9 Å². The molecule has 0 rings (SSSR count). The summed E-state index contributed by atoms with van der Waals surface area (Å²) >= 11 is 4.83. The van der Waals surface area contributed by atoms with Crippen molar-refractivity contribution in [3.8, 4) is 0 Å². The summed E-state index contributed by atoms with van der Waals surface area (Å²) < 4.78 is 0. The zero-order valence-electron chi connectivity index (χ0n) is 6.02. The van der Waals surface area contributed by atoms with E-state index in [-0.39, 0.29) is 5.91 Å². The molecule has 0 bridgehead atoms. The van der Waals surface area contributed by atoms with Crippen LogP contribution in [0.5, 0.6) is 0 Å². The van der Waals surface area contributed by atoms with Crippen molar-refractivity contribution in [2.75, 3.05) is 23.9 Å². The van der Waals surface area contributed by atoms with Gasteiger partial charge in [0.25, 0.3) is 0 Å². The van der Waals surface area contributed by atoms with Crippen LogP contribution in [0, 0.1) is 0 Å². The van der Waals surface area contributed by atoms with Gasteiger partial charge in [-0.05, 0) is 12.7 Å². The third-order valence-electron chi connectivity index (χ3n) is 0.908. The van der Waals surface area contributed by atoms with Crippen LogP contribution in [0.15, 0.2) is 0 Å². The van der Waals surface area contributed by atoms with E-state index in [4.69, 9.17) is 0 Å². The highest BCUT2D eigenvalue weighted by atomic mass is 79.9. The molecule has 10 heavy (non-hydrogen) atoms. The second-order valence-electron chi connectivity index (χ2n) is 1.83. The number of carbonyl (C=O) groups excluding carboxylic acids is 1. The normalized spacial score (nSPS) is 9.40. The van der Waals surface area contributed by atoms with Crippen molar-refractivity contribution in [2.45, 2.75) is 6.42 Å². The van der Waals surface area contributed by atoms with Crippen LogP contribution in [0.2, 0.25) is 0 Å². The Hall–Kier alpha value is 0.300. The van der Waals surface area contributed by atoms with E-state index in [0.29, 0.717) is 5.75 Å². The van der Waals surface area contributed by atoms with Gasteiger partial charge in [-0.15, -0.1) is 0 Å². The fourth-order valence-corrected chi connectivity index (χ4v) is 1.12. The van der Waals surface area contributed by atoms with Crippen LogP contribution in [0.4, 0.5) is 0 Å².